The van der Waals surface area contributed by atoms with Gasteiger partial charge in [0.25, 0.3) is 0 Å². The van der Waals surface area contributed by atoms with E-state index in [-0.39, 0.29) is 29.9 Å². The minimum absolute atomic E-state index is 0.0505. The van der Waals surface area contributed by atoms with Crippen molar-refractivity contribution in [3.63, 3.8) is 0 Å². The molecule has 0 radical (unpaired) electrons. The molecule has 3 atom stereocenters. The van der Waals surface area contributed by atoms with Gasteiger partial charge in [0.05, 0.1) is 6.04 Å². The molecule has 5 heteroatoms. The zero-order valence-electron chi connectivity index (χ0n) is 15.3. The van der Waals surface area contributed by atoms with E-state index in [2.05, 4.69) is 29.6 Å². The highest BCUT2D eigenvalue weighted by Crippen LogP contribution is 2.61. The number of aliphatic carboxylic acids is 1. The molecule has 140 valence electrons. The summed E-state index contributed by atoms with van der Waals surface area (Å²) in [7, 11) is 0. The standard InChI is InChI=1S/C22H23NO4/c1-14(15-6-8-17(9-7-15)27-13-20(24)25)23-21(26)19-12-22(19)11-10-16-4-2-3-5-18(16)22/h2-9,14,19H,10-13H2,1H3,(H,23,26)(H,24,25). The first kappa shape index (κ1) is 17.6. The van der Waals surface area contributed by atoms with Crippen LogP contribution in [0.25, 0.3) is 0 Å². The number of carbonyl (C=O) groups is 2. The Bertz CT molecular complexity index is 876. The molecular weight excluding hydrogens is 342 g/mol. The van der Waals surface area contributed by atoms with Crippen molar-refractivity contribution in [2.24, 2.45) is 5.92 Å². The maximum absolute atomic E-state index is 12.8. The Kier molecular flexibility index (Phi) is 4.38. The van der Waals surface area contributed by atoms with Gasteiger partial charge in [0.2, 0.25) is 5.91 Å². The zero-order valence-corrected chi connectivity index (χ0v) is 15.3. The van der Waals surface area contributed by atoms with Crippen LogP contribution in [-0.2, 0) is 21.4 Å². The predicted octanol–water partition coefficient (Wildman–Crippen LogP) is 3.23. The molecule has 5 nitrogen and oxygen atoms in total. The van der Waals surface area contributed by atoms with Gasteiger partial charge in [-0.3, -0.25) is 4.79 Å². The van der Waals surface area contributed by atoms with Gasteiger partial charge in [0, 0.05) is 11.3 Å². The molecule has 0 aliphatic heterocycles. The summed E-state index contributed by atoms with van der Waals surface area (Å²) in [5.41, 5.74) is 3.76. The highest BCUT2D eigenvalue weighted by atomic mass is 16.5. The van der Waals surface area contributed by atoms with Gasteiger partial charge in [-0.15, -0.1) is 0 Å². The summed E-state index contributed by atoms with van der Waals surface area (Å²) in [4.78, 5) is 23.4. The number of carboxylic acids is 1. The van der Waals surface area contributed by atoms with Crippen LogP contribution < -0.4 is 10.1 Å². The molecule has 0 bridgehead atoms. The van der Waals surface area contributed by atoms with Gasteiger partial charge in [-0.25, -0.2) is 4.79 Å². The van der Waals surface area contributed by atoms with Crippen molar-refractivity contribution in [1.82, 2.24) is 5.32 Å². The van der Waals surface area contributed by atoms with E-state index in [1.165, 1.54) is 11.1 Å². The zero-order chi connectivity index (χ0) is 19.0. The highest BCUT2D eigenvalue weighted by Gasteiger charge is 2.61. The SMILES string of the molecule is CC(NC(=O)C1CC12CCc1ccccc12)c1ccc(OCC(=O)O)cc1. The fraction of sp³-hybridized carbons (Fsp3) is 0.364. The molecule has 2 aromatic carbocycles. The van der Waals surface area contributed by atoms with Crippen molar-refractivity contribution < 1.29 is 19.4 Å². The molecule has 2 aliphatic carbocycles. The summed E-state index contributed by atoms with van der Waals surface area (Å²) in [6.45, 7) is 1.60. The second-order valence-electron chi connectivity index (χ2n) is 7.55. The number of carbonyl (C=O) groups excluding carboxylic acids is 1. The quantitative estimate of drug-likeness (QED) is 0.824. The van der Waals surface area contributed by atoms with E-state index >= 15 is 0 Å². The van der Waals surface area contributed by atoms with Gasteiger partial charge in [-0.2, -0.15) is 0 Å². The molecule has 27 heavy (non-hydrogen) atoms. The second-order valence-corrected chi connectivity index (χ2v) is 7.55. The molecule has 4 rings (SSSR count). The van der Waals surface area contributed by atoms with Crippen molar-refractivity contribution in [2.75, 3.05) is 6.61 Å². The van der Waals surface area contributed by atoms with Crippen LogP contribution in [-0.4, -0.2) is 23.6 Å². The molecule has 1 amide bonds. The van der Waals surface area contributed by atoms with Crippen LogP contribution in [0.5, 0.6) is 5.75 Å². The lowest BCUT2D eigenvalue weighted by Crippen LogP contribution is -2.30. The largest absolute Gasteiger partial charge is 0.482 e. The lowest BCUT2D eigenvalue weighted by atomic mass is 9.95. The first-order valence-corrected chi connectivity index (χ1v) is 9.33. The fourth-order valence-corrected chi connectivity index (χ4v) is 4.33. The Balaban J connectivity index is 1.37. The average molecular weight is 365 g/mol. The van der Waals surface area contributed by atoms with Gasteiger partial charge in [-0.1, -0.05) is 36.4 Å². The van der Waals surface area contributed by atoms with E-state index in [0.29, 0.717) is 5.75 Å². The minimum Gasteiger partial charge on any atom is -0.482 e. The van der Waals surface area contributed by atoms with Crippen LogP contribution in [0.2, 0.25) is 0 Å². The Labute approximate surface area is 158 Å². The number of nitrogens with one attached hydrogen (secondary N) is 1. The van der Waals surface area contributed by atoms with Crippen LogP contribution in [0.15, 0.2) is 48.5 Å². The summed E-state index contributed by atoms with van der Waals surface area (Å²) in [6, 6.07) is 15.5. The summed E-state index contributed by atoms with van der Waals surface area (Å²) < 4.78 is 5.14. The third-order valence-electron chi connectivity index (χ3n) is 5.89. The molecule has 2 N–H and O–H groups in total. The third kappa shape index (κ3) is 3.29. The first-order valence-electron chi connectivity index (χ1n) is 9.33. The number of hydrogen-bond acceptors (Lipinski definition) is 3. The van der Waals surface area contributed by atoms with E-state index in [1.54, 1.807) is 12.1 Å². The van der Waals surface area contributed by atoms with Crippen molar-refractivity contribution >= 4 is 11.9 Å². The van der Waals surface area contributed by atoms with Crippen LogP contribution in [0.3, 0.4) is 0 Å². The van der Waals surface area contributed by atoms with E-state index in [1.807, 2.05) is 19.1 Å². The summed E-state index contributed by atoms with van der Waals surface area (Å²) in [6.07, 6.45) is 3.06. The van der Waals surface area contributed by atoms with E-state index in [4.69, 9.17) is 9.84 Å². The predicted molar refractivity (Wildman–Crippen MR) is 101 cm³/mol. The van der Waals surface area contributed by atoms with Crippen LogP contribution >= 0.6 is 0 Å². The monoisotopic (exact) mass is 365 g/mol. The van der Waals surface area contributed by atoms with E-state index in [9.17, 15) is 9.59 Å². The van der Waals surface area contributed by atoms with Crippen molar-refractivity contribution in [2.45, 2.75) is 37.6 Å². The maximum atomic E-state index is 12.8. The van der Waals surface area contributed by atoms with Gasteiger partial charge in [0.15, 0.2) is 6.61 Å². The van der Waals surface area contributed by atoms with Gasteiger partial charge < -0.3 is 15.2 Å². The first-order chi connectivity index (χ1) is 13.0. The molecule has 1 fully saturated rings. The lowest BCUT2D eigenvalue weighted by Gasteiger charge is -2.17. The summed E-state index contributed by atoms with van der Waals surface area (Å²) >= 11 is 0. The number of aryl methyl sites for hydroxylation is 1. The van der Waals surface area contributed by atoms with Crippen LogP contribution in [0.4, 0.5) is 0 Å². The Hall–Kier alpha value is -2.82. The third-order valence-corrected chi connectivity index (χ3v) is 5.89. The lowest BCUT2D eigenvalue weighted by molar-refractivity contribution is -0.139. The Morgan fingerprint density at radius 2 is 1.96 bits per heavy atom. The number of amides is 1. The summed E-state index contributed by atoms with van der Waals surface area (Å²) in [5.74, 6) is -0.331. The molecule has 0 saturated heterocycles. The maximum Gasteiger partial charge on any atom is 0.341 e. The molecule has 1 spiro atoms. The van der Waals surface area contributed by atoms with Crippen molar-refractivity contribution in [1.29, 1.82) is 0 Å². The normalized spacial score (nSPS) is 23.5. The fourth-order valence-electron chi connectivity index (χ4n) is 4.33. The van der Waals surface area contributed by atoms with E-state index in [0.717, 1.165) is 24.8 Å². The Morgan fingerprint density at radius 3 is 2.70 bits per heavy atom. The van der Waals surface area contributed by atoms with Crippen LogP contribution in [0, 0.1) is 5.92 Å². The van der Waals surface area contributed by atoms with Crippen molar-refractivity contribution in [3.8, 4) is 5.75 Å². The number of fused-ring (bicyclic) bond motifs is 2. The van der Waals surface area contributed by atoms with Crippen molar-refractivity contribution in [3.05, 3.63) is 65.2 Å². The number of rotatable bonds is 6. The molecule has 3 unspecified atom stereocenters. The van der Waals surface area contributed by atoms with Crippen LogP contribution in [0.1, 0.15) is 42.5 Å². The van der Waals surface area contributed by atoms with E-state index < -0.39 is 5.97 Å². The average Bonchev–Trinajstić information content (AvgIpc) is 3.29. The molecule has 0 aromatic heterocycles. The molecule has 2 aliphatic rings. The van der Waals surface area contributed by atoms with Gasteiger partial charge >= 0.3 is 5.97 Å². The topological polar surface area (TPSA) is 75.6 Å². The Morgan fingerprint density at radius 1 is 1.22 bits per heavy atom. The molecule has 0 heterocycles. The molecular formula is C22H23NO4. The number of hydrogen-bond donors (Lipinski definition) is 2. The molecule has 2 aromatic rings. The van der Waals surface area contributed by atoms with Gasteiger partial charge in [0.1, 0.15) is 5.75 Å². The van der Waals surface area contributed by atoms with Gasteiger partial charge in [-0.05, 0) is 55.0 Å². The number of ether oxygens (including phenoxy) is 1. The summed E-state index contributed by atoms with van der Waals surface area (Å²) in [5, 5.41) is 11.8. The number of benzene rings is 2. The second kappa shape index (κ2) is 6.72. The highest BCUT2D eigenvalue weighted by molar-refractivity contribution is 5.85. The smallest absolute Gasteiger partial charge is 0.341 e. The minimum atomic E-state index is -1.01. The molecule has 1 saturated carbocycles. The number of carboxylic acid groups (broad SMARTS) is 1.